The van der Waals surface area contributed by atoms with Gasteiger partial charge in [-0.2, -0.15) is 0 Å². The summed E-state index contributed by atoms with van der Waals surface area (Å²) >= 11 is 0. The Morgan fingerprint density at radius 3 is 2.83 bits per heavy atom. The summed E-state index contributed by atoms with van der Waals surface area (Å²) in [6, 6.07) is 3.90. The zero-order valence-corrected chi connectivity index (χ0v) is 13.3. The molecular weight excluding hydrogens is 310 g/mol. The summed E-state index contributed by atoms with van der Waals surface area (Å²) in [6.07, 6.45) is 4.60. The van der Waals surface area contributed by atoms with Gasteiger partial charge in [0.05, 0.1) is 36.9 Å². The van der Waals surface area contributed by atoms with Gasteiger partial charge in [0.25, 0.3) is 0 Å². The van der Waals surface area contributed by atoms with Crippen LogP contribution in [-0.4, -0.2) is 54.6 Å². The van der Waals surface area contributed by atoms with Gasteiger partial charge in [0.2, 0.25) is 0 Å². The van der Waals surface area contributed by atoms with Crippen LogP contribution in [0.1, 0.15) is 5.56 Å². The Bertz CT molecular complexity index is 699. The molecule has 0 unspecified atom stereocenters. The Morgan fingerprint density at radius 2 is 2.12 bits per heavy atom. The fourth-order valence-corrected chi connectivity index (χ4v) is 2.32. The summed E-state index contributed by atoms with van der Waals surface area (Å²) in [5.41, 5.74) is 7.21. The maximum absolute atomic E-state index is 5.87. The van der Waals surface area contributed by atoms with E-state index < -0.39 is 0 Å². The van der Waals surface area contributed by atoms with E-state index in [2.05, 4.69) is 30.3 Å². The third-order valence-corrected chi connectivity index (χ3v) is 3.55. The number of anilines is 4. The van der Waals surface area contributed by atoms with Gasteiger partial charge >= 0.3 is 0 Å². The first kappa shape index (κ1) is 15.9. The topological polar surface area (TPSA) is 111 Å². The summed E-state index contributed by atoms with van der Waals surface area (Å²) in [5.74, 6) is 1.77. The van der Waals surface area contributed by atoms with E-state index in [9.17, 15) is 0 Å². The first-order valence-electron chi connectivity index (χ1n) is 7.50. The van der Waals surface area contributed by atoms with Gasteiger partial charge in [0.1, 0.15) is 30.9 Å². The van der Waals surface area contributed by atoms with Crippen LogP contribution < -0.4 is 16.0 Å². The average molecular weight is 329 g/mol. The van der Waals surface area contributed by atoms with Crippen LogP contribution in [0.4, 0.5) is 23.1 Å². The zero-order valence-electron chi connectivity index (χ0n) is 13.3. The number of aromatic nitrogens is 3. The number of morpholine rings is 1. The minimum Gasteiger partial charge on any atom is -0.399 e. The van der Waals surface area contributed by atoms with Crippen molar-refractivity contribution in [1.82, 2.24) is 15.0 Å². The Balaban J connectivity index is 1.76. The summed E-state index contributed by atoms with van der Waals surface area (Å²) in [6.45, 7) is 3.15. The summed E-state index contributed by atoms with van der Waals surface area (Å²) < 4.78 is 5.35. The molecule has 0 spiro atoms. The molecule has 9 heteroatoms. The molecule has 2 aromatic rings. The van der Waals surface area contributed by atoms with Crippen molar-refractivity contribution in [3.05, 3.63) is 30.2 Å². The van der Waals surface area contributed by atoms with Gasteiger partial charge in [-0.25, -0.2) is 15.0 Å². The number of ether oxygens (including phenoxy) is 1. The largest absolute Gasteiger partial charge is 0.399 e. The highest BCUT2D eigenvalue weighted by Gasteiger charge is 2.13. The molecule has 0 aliphatic carbocycles. The van der Waals surface area contributed by atoms with Gasteiger partial charge in [0, 0.05) is 13.1 Å². The van der Waals surface area contributed by atoms with E-state index in [0.29, 0.717) is 17.2 Å². The standard InChI is InChI=1S/C15H19N7O2/c1-23-20-9-12-14(16)18-10-19-15(12)21-11-2-3-13(17-8-11)22-4-6-24-7-5-22/h2-3,8-10H,4-7H2,1H3,(H3,16,18,19,21)/b20-9+. The van der Waals surface area contributed by atoms with Crippen LogP contribution in [0.5, 0.6) is 0 Å². The molecule has 0 saturated carbocycles. The molecule has 0 radical (unpaired) electrons. The second-order valence-corrected chi connectivity index (χ2v) is 5.07. The average Bonchev–Trinajstić information content (AvgIpc) is 2.63. The molecule has 0 aromatic carbocycles. The van der Waals surface area contributed by atoms with E-state index in [1.807, 2.05) is 12.1 Å². The fraction of sp³-hybridized carbons (Fsp3) is 0.333. The Labute approximate surface area is 139 Å². The molecule has 1 saturated heterocycles. The summed E-state index contributed by atoms with van der Waals surface area (Å²) in [7, 11) is 1.46. The molecule has 9 nitrogen and oxygen atoms in total. The van der Waals surface area contributed by atoms with Crippen molar-refractivity contribution in [1.29, 1.82) is 0 Å². The molecule has 1 aliphatic heterocycles. The predicted molar refractivity (Wildman–Crippen MR) is 91.6 cm³/mol. The first-order valence-corrected chi connectivity index (χ1v) is 7.50. The third-order valence-electron chi connectivity index (χ3n) is 3.55. The van der Waals surface area contributed by atoms with E-state index in [1.54, 1.807) is 6.20 Å². The van der Waals surface area contributed by atoms with Crippen LogP contribution in [0, 0.1) is 0 Å². The van der Waals surface area contributed by atoms with E-state index in [1.165, 1.54) is 19.7 Å². The van der Waals surface area contributed by atoms with Crippen molar-refractivity contribution in [3.63, 3.8) is 0 Å². The van der Waals surface area contributed by atoms with Crippen molar-refractivity contribution < 1.29 is 9.57 Å². The molecule has 2 aromatic heterocycles. The van der Waals surface area contributed by atoms with Gasteiger partial charge in [-0.1, -0.05) is 5.16 Å². The normalized spacial score (nSPS) is 14.8. The first-order chi connectivity index (χ1) is 11.8. The van der Waals surface area contributed by atoms with Crippen LogP contribution >= 0.6 is 0 Å². The number of rotatable bonds is 5. The van der Waals surface area contributed by atoms with Crippen LogP contribution in [0.2, 0.25) is 0 Å². The molecule has 3 rings (SSSR count). The van der Waals surface area contributed by atoms with Gasteiger partial charge in [0.15, 0.2) is 0 Å². The van der Waals surface area contributed by atoms with Crippen LogP contribution in [0.15, 0.2) is 29.8 Å². The smallest absolute Gasteiger partial charge is 0.144 e. The zero-order chi connectivity index (χ0) is 16.8. The van der Waals surface area contributed by atoms with Crippen LogP contribution in [-0.2, 0) is 9.57 Å². The molecular formula is C15H19N7O2. The van der Waals surface area contributed by atoms with E-state index in [0.717, 1.165) is 37.8 Å². The molecule has 0 atom stereocenters. The molecule has 3 N–H and O–H groups in total. The van der Waals surface area contributed by atoms with Crippen molar-refractivity contribution in [2.45, 2.75) is 0 Å². The van der Waals surface area contributed by atoms with Crippen LogP contribution in [0.25, 0.3) is 0 Å². The Hall–Kier alpha value is -2.94. The Kier molecular flexibility index (Phi) is 5.02. The maximum Gasteiger partial charge on any atom is 0.144 e. The lowest BCUT2D eigenvalue weighted by Crippen LogP contribution is -2.36. The third kappa shape index (κ3) is 3.69. The molecule has 0 amide bonds. The summed E-state index contributed by atoms with van der Waals surface area (Å²) in [4.78, 5) is 19.5. The number of nitrogens with two attached hydrogens (primary N) is 1. The fourth-order valence-electron chi connectivity index (χ4n) is 2.32. The van der Waals surface area contributed by atoms with Crippen molar-refractivity contribution in [3.8, 4) is 0 Å². The second kappa shape index (κ2) is 7.55. The molecule has 1 aliphatic rings. The Morgan fingerprint density at radius 1 is 1.29 bits per heavy atom. The lowest BCUT2D eigenvalue weighted by Gasteiger charge is -2.27. The minimum absolute atomic E-state index is 0.311. The lowest BCUT2D eigenvalue weighted by molar-refractivity contribution is 0.122. The highest BCUT2D eigenvalue weighted by Crippen LogP contribution is 2.21. The maximum atomic E-state index is 5.87. The van der Waals surface area contributed by atoms with Gasteiger partial charge in [-0.05, 0) is 12.1 Å². The monoisotopic (exact) mass is 329 g/mol. The molecule has 3 heterocycles. The second-order valence-electron chi connectivity index (χ2n) is 5.07. The van der Waals surface area contributed by atoms with Gasteiger partial charge in [-0.15, -0.1) is 0 Å². The predicted octanol–water partition coefficient (Wildman–Crippen LogP) is 1.01. The number of oxime groups is 1. The van der Waals surface area contributed by atoms with E-state index >= 15 is 0 Å². The van der Waals surface area contributed by atoms with Crippen molar-refractivity contribution in [2.24, 2.45) is 5.16 Å². The van der Waals surface area contributed by atoms with Gasteiger partial charge in [-0.3, -0.25) is 0 Å². The van der Waals surface area contributed by atoms with Gasteiger partial charge < -0.3 is 25.5 Å². The SMILES string of the molecule is CO/N=C/c1c(N)ncnc1Nc1ccc(N2CCOCC2)nc1. The molecule has 126 valence electrons. The number of nitrogen functional groups attached to an aromatic ring is 1. The lowest BCUT2D eigenvalue weighted by atomic mass is 10.3. The summed E-state index contributed by atoms with van der Waals surface area (Å²) in [5, 5.41) is 6.89. The van der Waals surface area contributed by atoms with E-state index in [-0.39, 0.29) is 0 Å². The van der Waals surface area contributed by atoms with Crippen LogP contribution in [0.3, 0.4) is 0 Å². The molecule has 0 bridgehead atoms. The molecule has 24 heavy (non-hydrogen) atoms. The number of pyridine rings is 1. The number of nitrogens with zero attached hydrogens (tertiary/aromatic N) is 5. The number of hydrogen-bond donors (Lipinski definition) is 2. The number of nitrogens with one attached hydrogen (secondary N) is 1. The number of hydrogen-bond acceptors (Lipinski definition) is 9. The van der Waals surface area contributed by atoms with Crippen molar-refractivity contribution >= 4 is 29.4 Å². The highest BCUT2D eigenvalue weighted by molar-refractivity contribution is 5.92. The highest BCUT2D eigenvalue weighted by atomic mass is 16.6. The minimum atomic E-state index is 0.311. The molecule has 1 fully saturated rings. The van der Waals surface area contributed by atoms with Crippen molar-refractivity contribution in [2.75, 3.05) is 49.4 Å². The van der Waals surface area contributed by atoms with E-state index in [4.69, 9.17) is 15.3 Å². The quantitative estimate of drug-likeness (QED) is 0.618.